The molecule has 0 aliphatic carbocycles. The number of hydrogen-bond acceptors (Lipinski definition) is 4. The molecule has 1 fully saturated rings. The van der Waals surface area contributed by atoms with E-state index in [2.05, 4.69) is 49.1 Å². The summed E-state index contributed by atoms with van der Waals surface area (Å²) in [7, 11) is 0. The fraction of sp³-hybridized carbons (Fsp3) is 0.812. The molecule has 2 heterocycles. The molecule has 0 bridgehead atoms. The Morgan fingerprint density at radius 3 is 2.95 bits per heavy atom. The van der Waals surface area contributed by atoms with E-state index in [4.69, 9.17) is 4.52 Å². The van der Waals surface area contributed by atoms with Crippen molar-refractivity contribution >= 4 is 0 Å². The molecule has 1 unspecified atom stereocenters. The van der Waals surface area contributed by atoms with Crippen molar-refractivity contribution in [3.63, 3.8) is 0 Å². The Morgan fingerprint density at radius 1 is 1.45 bits per heavy atom. The van der Waals surface area contributed by atoms with Gasteiger partial charge in [-0.1, -0.05) is 18.5 Å². The molecular formula is C16H29N3O. The Kier molecular flexibility index (Phi) is 5.22. The molecule has 2 rings (SSSR count). The average Bonchev–Trinajstić information content (AvgIpc) is 2.83. The Balaban J connectivity index is 1.83. The summed E-state index contributed by atoms with van der Waals surface area (Å²) >= 11 is 0. The van der Waals surface area contributed by atoms with Crippen LogP contribution in [0.2, 0.25) is 0 Å². The molecule has 1 N–H and O–H groups in total. The molecule has 0 radical (unpaired) electrons. The standard InChI is InChI=1S/C16H29N3O/c1-5-13-7-6-8-19(11-13)12-15-9-14(18-20-15)10-17-16(2,3)4/h9,13,17H,5-8,10-12H2,1-4H3. The first-order valence-corrected chi connectivity index (χ1v) is 7.88. The highest BCUT2D eigenvalue weighted by molar-refractivity contribution is 5.05. The minimum Gasteiger partial charge on any atom is -0.360 e. The summed E-state index contributed by atoms with van der Waals surface area (Å²) in [5, 5.41) is 7.59. The van der Waals surface area contributed by atoms with Crippen LogP contribution in [0.4, 0.5) is 0 Å². The summed E-state index contributed by atoms with van der Waals surface area (Å²) in [6.45, 7) is 12.8. The van der Waals surface area contributed by atoms with E-state index in [0.717, 1.165) is 30.5 Å². The molecule has 1 aliphatic heterocycles. The van der Waals surface area contributed by atoms with Gasteiger partial charge in [-0.2, -0.15) is 0 Å². The van der Waals surface area contributed by atoms with Crippen LogP contribution < -0.4 is 5.32 Å². The van der Waals surface area contributed by atoms with E-state index >= 15 is 0 Å². The van der Waals surface area contributed by atoms with E-state index in [0.29, 0.717) is 0 Å². The second kappa shape index (κ2) is 6.72. The van der Waals surface area contributed by atoms with Crippen LogP contribution in [-0.4, -0.2) is 28.7 Å². The molecule has 0 saturated carbocycles. The molecule has 0 aromatic carbocycles. The van der Waals surface area contributed by atoms with Gasteiger partial charge in [0.2, 0.25) is 0 Å². The van der Waals surface area contributed by atoms with Gasteiger partial charge >= 0.3 is 0 Å². The summed E-state index contributed by atoms with van der Waals surface area (Å²) in [5.41, 5.74) is 1.11. The second-order valence-corrected chi connectivity index (χ2v) is 7.04. The highest BCUT2D eigenvalue weighted by atomic mass is 16.5. The summed E-state index contributed by atoms with van der Waals surface area (Å²) in [4.78, 5) is 2.50. The van der Waals surface area contributed by atoms with Crippen LogP contribution in [0.1, 0.15) is 58.4 Å². The Bertz CT molecular complexity index is 408. The number of aromatic nitrogens is 1. The minimum absolute atomic E-state index is 0.111. The second-order valence-electron chi connectivity index (χ2n) is 7.04. The van der Waals surface area contributed by atoms with Gasteiger partial charge in [-0.3, -0.25) is 4.90 Å². The van der Waals surface area contributed by atoms with Crippen molar-refractivity contribution in [2.24, 2.45) is 5.92 Å². The molecule has 4 nitrogen and oxygen atoms in total. The lowest BCUT2D eigenvalue weighted by molar-refractivity contribution is 0.150. The van der Waals surface area contributed by atoms with E-state index in [-0.39, 0.29) is 5.54 Å². The fourth-order valence-electron chi connectivity index (χ4n) is 2.72. The van der Waals surface area contributed by atoms with Crippen LogP contribution in [-0.2, 0) is 13.1 Å². The molecule has 4 heteroatoms. The van der Waals surface area contributed by atoms with Crippen LogP contribution in [0.5, 0.6) is 0 Å². The number of likely N-dealkylation sites (tertiary alicyclic amines) is 1. The maximum Gasteiger partial charge on any atom is 0.151 e. The predicted molar refractivity (Wildman–Crippen MR) is 81.4 cm³/mol. The monoisotopic (exact) mass is 279 g/mol. The van der Waals surface area contributed by atoms with Crippen molar-refractivity contribution in [3.8, 4) is 0 Å². The molecule has 0 spiro atoms. The molecule has 1 aromatic rings. The van der Waals surface area contributed by atoms with Gasteiger partial charge in [0.15, 0.2) is 5.76 Å². The molecule has 1 atom stereocenters. The summed E-state index contributed by atoms with van der Waals surface area (Å²) < 4.78 is 5.47. The molecule has 1 aromatic heterocycles. The van der Waals surface area contributed by atoms with Crippen molar-refractivity contribution < 1.29 is 4.52 Å². The van der Waals surface area contributed by atoms with Gasteiger partial charge in [-0.25, -0.2) is 0 Å². The van der Waals surface area contributed by atoms with Crippen LogP contribution in [0.15, 0.2) is 10.6 Å². The minimum atomic E-state index is 0.111. The SMILES string of the molecule is CCC1CCCN(Cc2cc(CNC(C)(C)C)no2)C1. The Morgan fingerprint density at radius 2 is 2.25 bits per heavy atom. The van der Waals surface area contributed by atoms with Gasteiger partial charge in [0.1, 0.15) is 0 Å². The predicted octanol–water partition coefficient (Wildman–Crippen LogP) is 3.18. The average molecular weight is 279 g/mol. The smallest absolute Gasteiger partial charge is 0.151 e. The zero-order valence-corrected chi connectivity index (χ0v) is 13.4. The van der Waals surface area contributed by atoms with Crippen LogP contribution in [0, 0.1) is 5.92 Å². The zero-order valence-electron chi connectivity index (χ0n) is 13.4. The summed E-state index contributed by atoms with van der Waals surface area (Å²) in [5.74, 6) is 1.85. The lowest BCUT2D eigenvalue weighted by Crippen LogP contribution is -2.35. The van der Waals surface area contributed by atoms with E-state index < -0.39 is 0 Å². The molecule has 114 valence electrons. The molecule has 0 amide bonds. The third-order valence-corrected chi connectivity index (χ3v) is 3.97. The van der Waals surface area contributed by atoms with Crippen molar-refractivity contribution in [1.82, 2.24) is 15.4 Å². The third-order valence-electron chi connectivity index (χ3n) is 3.97. The lowest BCUT2D eigenvalue weighted by atomic mass is 9.96. The van der Waals surface area contributed by atoms with Gasteiger partial charge in [0, 0.05) is 24.7 Å². The summed E-state index contributed by atoms with van der Waals surface area (Å²) in [6, 6.07) is 2.09. The highest BCUT2D eigenvalue weighted by Crippen LogP contribution is 2.21. The molecular weight excluding hydrogens is 250 g/mol. The van der Waals surface area contributed by atoms with Crippen molar-refractivity contribution in [1.29, 1.82) is 0 Å². The van der Waals surface area contributed by atoms with Gasteiger partial charge < -0.3 is 9.84 Å². The van der Waals surface area contributed by atoms with E-state index in [1.807, 2.05) is 0 Å². The third kappa shape index (κ3) is 4.91. The number of hydrogen-bond donors (Lipinski definition) is 1. The van der Waals surface area contributed by atoms with Crippen molar-refractivity contribution in [2.45, 2.75) is 65.6 Å². The highest BCUT2D eigenvalue weighted by Gasteiger charge is 2.20. The van der Waals surface area contributed by atoms with E-state index in [9.17, 15) is 0 Å². The topological polar surface area (TPSA) is 41.3 Å². The van der Waals surface area contributed by atoms with Gasteiger partial charge in [-0.05, 0) is 46.1 Å². The van der Waals surface area contributed by atoms with Crippen LogP contribution in [0.3, 0.4) is 0 Å². The van der Waals surface area contributed by atoms with Crippen LogP contribution >= 0.6 is 0 Å². The Labute approximate surface area is 122 Å². The lowest BCUT2D eigenvalue weighted by Gasteiger charge is -2.31. The maximum absolute atomic E-state index is 5.47. The van der Waals surface area contributed by atoms with Gasteiger partial charge in [-0.15, -0.1) is 0 Å². The van der Waals surface area contributed by atoms with Crippen molar-refractivity contribution in [2.75, 3.05) is 13.1 Å². The maximum atomic E-state index is 5.47. The van der Waals surface area contributed by atoms with Gasteiger partial charge in [0.25, 0.3) is 0 Å². The molecule has 1 aliphatic rings. The first-order chi connectivity index (χ1) is 9.46. The first kappa shape index (κ1) is 15.5. The molecule has 20 heavy (non-hydrogen) atoms. The fourth-order valence-corrected chi connectivity index (χ4v) is 2.72. The normalized spacial score (nSPS) is 21.3. The van der Waals surface area contributed by atoms with E-state index in [1.54, 1.807) is 0 Å². The Hall–Kier alpha value is -0.870. The molecule has 1 saturated heterocycles. The number of nitrogens with zero attached hydrogens (tertiary/aromatic N) is 2. The van der Waals surface area contributed by atoms with E-state index in [1.165, 1.54) is 32.4 Å². The van der Waals surface area contributed by atoms with Crippen molar-refractivity contribution in [3.05, 3.63) is 17.5 Å². The number of rotatable bonds is 5. The first-order valence-electron chi connectivity index (χ1n) is 7.88. The summed E-state index contributed by atoms with van der Waals surface area (Å²) in [6.07, 6.45) is 3.98. The quantitative estimate of drug-likeness (QED) is 0.899. The van der Waals surface area contributed by atoms with Gasteiger partial charge in [0.05, 0.1) is 12.2 Å². The van der Waals surface area contributed by atoms with Crippen LogP contribution in [0.25, 0.3) is 0 Å². The number of piperidine rings is 1. The largest absolute Gasteiger partial charge is 0.360 e. The zero-order chi connectivity index (χ0) is 14.6. The number of nitrogens with one attached hydrogen (secondary N) is 1.